The number of nitrogens with zero attached hydrogens (tertiary/aromatic N) is 1. The molecule has 3 nitrogen and oxygen atoms in total. The van der Waals surface area contributed by atoms with Gasteiger partial charge in [-0.2, -0.15) is 0 Å². The SMILES string of the molecule is CN(C)C(=O)Oc1csc(-c2ccccc2)c1-c1ccccc1. The lowest BCUT2D eigenvalue weighted by atomic mass is 10.0. The summed E-state index contributed by atoms with van der Waals surface area (Å²) in [6.45, 7) is 0. The van der Waals surface area contributed by atoms with Gasteiger partial charge < -0.3 is 9.64 Å². The highest BCUT2D eigenvalue weighted by atomic mass is 32.1. The van der Waals surface area contributed by atoms with Crippen molar-refractivity contribution in [1.82, 2.24) is 4.90 Å². The lowest BCUT2D eigenvalue weighted by Crippen LogP contribution is -2.25. The molecule has 0 radical (unpaired) electrons. The molecule has 0 aliphatic carbocycles. The van der Waals surface area contributed by atoms with E-state index in [0.29, 0.717) is 5.75 Å². The average Bonchev–Trinajstić information content (AvgIpc) is 3.00. The van der Waals surface area contributed by atoms with Crippen LogP contribution in [-0.2, 0) is 0 Å². The fourth-order valence-electron chi connectivity index (χ4n) is 2.28. The molecule has 0 N–H and O–H groups in total. The first-order valence-corrected chi connectivity index (χ1v) is 8.16. The molecule has 3 rings (SSSR count). The fraction of sp³-hybridized carbons (Fsp3) is 0.105. The molecule has 0 atom stereocenters. The van der Waals surface area contributed by atoms with Crippen LogP contribution in [0.5, 0.6) is 5.75 Å². The molecule has 1 amide bonds. The molecule has 1 heterocycles. The van der Waals surface area contributed by atoms with E-state index in [0.717, 1.165) is 21.6 Å². The quantitative estimate of drug-likeness (QED) is 0.667. The Morgan fingerprint density at radius 1 is 0.913 bits per heavy atom. The number of rotatable bonds is 3. The third kappa shape index (κ3) is 3.27. The van der Waals surface area contributed by atoms with Crippen molar-refractivity contribution in [3.8, 4) is 27.3 Å². The predicted octanol–water partition coefficient (Wildman–Crippen LogP) is 5.14. The number of hydrogen-bond acceptors (Lipinski definition) is 3. The van der Waals surface area contributed by atoms with E-state index < -0.39 is 0 Å². The average molecular weight is 323 g/mol. The van der Waals surface area contributed by atoms with Crippen LogP contribution in [0.15, 0.2) is 66.0 Å². The first-order chi connectivity index (χ1) is 11.2. The van der Waals surface area contributed by atoms with Crippen molar-refractivity contribution < 1.29 is 9.53 Å². The van der Waals surface area contributed by atoms with Gasteiger partial charge in [-0.3, -0.25) is 0 Å². The monoisotopic (exact) mass is 323 g/mol. The van der Waals surface area contributed by atoms with Gasteiger partial charge in [0.1, 0.15) is 0 Å². The van der Waals surface area contributed by atoms with Crippen molar-refractivity contribution in [2.24, 2.45) is 0 Å². The summed E-state index contributed by atoms with van der Waals surface area (Å²) < 4.78 is 5.56. The van der Waals surface area contributed by atoms with E-state index in [1.807, 2.05) is 53.9 Å². The van der Waals surface area contributed by atoms with Crippen molar-refractivity contribution in [1.29, 1.82) is 0 Å². The number of benzene rings is 2. The number of carbonyl (C=O) groups is 1. The molecule has 2 aromatic carbocycles. The molecular formula is C19H17NO2S. The van der Waals surface area contributed by atoms with Gasteiger partial charge in [0.2, 0.25) is 0 Å². The fourth-order valence-corrected chi connectivity index (χ4v) is 3.28. The summed E-state index contributed by atoms with van der Waals surface area (Å²) in [4.78, 5) is 14.5. The van der Waals surface area contributed by atoms with Gasteiger partial charge in [0.05, 0.1) is 0 Å². The van der Waals surface area contributed by atoms with Crippen molar-refractivity contribution in [3.05, 3.63) is 66.0 Å². The molecule has 116 valence electrons. The van der Waals surface area contributed by atoms with Gasteiger partial charge in [-0.15, -0.1) is 11.3 Å². The van der Waals surface area contributed by atoms with Crippen LogP contribution in [0, 0.1) is 0 Å². The zero-order chi connectivity index (χ0) is 16.2. The predicted molar refractivity (Wildman–Crippen MR) is 94.9 cm³/mol. The van der Waals surface area contributed by atoms with Gasteiger partial charge in [-0.25, -0.2) is 4.79 Å². The normalized spacial score (nSPS) is 10.3. The minimum atomic E-state index is -0.375. The Labute approximate surface area is 139 Å². The van der Waals surface area contributed by atoms with Crippen molar-refractivity contribution >= 4 is 17.4 Å². The van der Waals surface area contributed by atoms with Gasteiger partial charge in [-0.05, 0) is 11.1 Å². The molecule has 0 unspecified atom stereocenters. The van der Waals surface area contributed by atoms with Crippen LogP contribution in [0.25, 0.3) is 21.6 Å². The summed E-state index contributed by atoms with van der Waals surface area (Å²) >= 11 is 1.58. The largest absolute Gasteiger partial charge is 0.414 e. The van der Waals surface area contributed by atoms with E-state index in [1.165, 1.54) is 4.90 Å². The Kier molecular flexibility index (Phi) is 4.44. The second-order valence-corrected chi connectivity index (χ2v) is 6.18. The molecule has 0 spiro atoms. The third-order valence-corrected chi connectivity index (χ3v) is 4.43. The van der Waals surface area contributed by atoms with Crippen LogP contribution < -0.4 is 4.74 Å². The first-order valence-electron chi connectivity index (χ1n) is 7.28. The highest BCUT2D eigenvalue weighted by Crippen LogP contribution is 2.44. The van der Waals surface area contributed by atoms with Crippen LogP contribution in [-0.4, -0.2) is 25.1 Å². The zero-order valence-corrected chi connectivity index (χ0v) is 13.8. The van der Waals surface area contributed by atoms with E-state index >= 15 is 0 Å². The number of thiophene rings is 1. The maximum atomic E-state index is 11.9. The van der Waals surface area contributed by atoms with Crippen LogP contribution in [0.4, 0.5) is 4.79 Å². The second-order valence-electron chi connectivity index (χ2n) is 5.30. The second kappa shape index (κ2) is 6.67. The Morgan fingerprint density at radius 2 is 1.48 bits per heavy atom. The van der Waals surface area contributed by atoms with Crippen LogP contribution >= 0.6 is 11.3 Å². The molecule has 1 aromatic heterocycles. The van der Waals surface area contributed by atoms with Gasteiger partial charge in [0.15, 0.2) is 5.75 Å². The lowest BCUT2D eigenvalue weighted by molar-refractivity contribution is 0.172. The van der Waals surface area contributed by atoms with Crippen molar-refractivity contribution in [2.75, 3.05) is 14.1 Å². The summed E-state index contributed by atoms with van der Waals surface area (Å²) in [5.41, 5.74) is 3.11. The molecule has 0 saturated carbocycles. The highest BCUT2D eigenvalue weighted by Gasteiger charge is 2.19. The summed E-state index contributed by atoms with van der Waals surface area (Å²) in [5, 5.41) is 1.89. The van der Waals surface area contributed by atoms with Crippen LogP contribution in [0.1, 0.15) is 0 Å². The number of hydrogen-bond donors (Lipinski definition) is 0. The topological polar surface area (TPSA) is 29.5 Å². The summed E-state index contributed by atoms with van der Waals surface area (Å²) in [6, 6.07) is 20.1. The Bertz CT molecular complexity index is 795. The summed E-state index contributed by atoms with van der Waals surface area (Å²) in [5.74, 6) is 0.596. The number of amides is 1. The van der Waals surface area contributed by atoms with Crippen LogP contribution in [0.3, 0.4) is 0 Å². The highest BCUT2D eigenvalue weighted by molar-refractivity contribution is 7.14. The maximum Gasteiger partial charge on any atom is 0.414 e. The smallest absolute Gasteiger partial charge is 0.409 e. The first kappa shape index (κ1) is 15.3. The van der Waals surface area contributed by atoms with Crippen LogP contribution in [0.2, 0.25) is 0 Å². The Balaban J connectivity index is 2.11. The molecular weight excluding hydrogens is 306 g/mol. The van der Waals surface area contributed by atoms with Crippen molar-refractivity contribution in [3.63, 3.8) is 0 Å². The van der Waals surface area contributed by atoms with Crippen molar-refractivity contribution in [2.45, 2.75) is 0 Å². The van der Waals surface area contributed by atoms with E-state index in [1.54, 1.807) is 25.4 Å². The molecule has 0 aliphatic heterocycles. The van der Waals surface area contributed by atoms with Gasteiger partial charge >= 0.3 is 6.09 Å². The maximum absolute atomic E-state index is 11.9. The number of carbonyl (C=O) groups excluding carboxylic acids is 1. The van der Waals surface area contributed by atoms with E-state index in [4.69, 9.17) is 4.74 Å². The molecule has 0 aliphatic rings. The lowest BCUT2D eigenvalue weighted by Gasteiger charge is -2.12. The van der Waals surface area contributed by atoms with E-state index in [9.17, 15) is 4.79 Å². The van der Waals surface area contributed by atoms with Gasteiger partial charge in [0, 0.05) is 29.9 Å². The zero-order valence-electron chi connectivity index (χ0n) is 13.0. The standard InChI is InChI=1S/C19H17NO2S/c1-20(2)19(21)22-16-13-23-18(15-11-7-4-8-12-15)17(16)14-9-5-3-6-10-14/h3-13H,1-2H3. The van der Waals surface area contributed by atoms with Gasteiger partial charge in [-0.1, -0.05) is 60.7 Å². The van der Waals surface area contributed by atoms with E-state index in [-0.39, 0.29) is 6.09 Å². The molecule has 4 heteroatoms. The van der Waals surface area contributed by atoms with Gasteiger partial charge in [0.25, 0.3) is 0 Å². The minimum absolute atomic E-state index is 0.375. The molecule has 0 fully saturated rings. The molecule has 0 bridgehead atoms. The number of ether oxygens (including phenoxy) is 1. The third-order valence-electron chi connectivity index (χ3n) is 3.42. The summed E-state index contributed by atoms with van der Waals surface area (Å²) in [6.07, 6.45) is -0.375. The molecule has 0 saturated heterocycles. The minimum Gasteiger partial charge on any atom is -0.409 e. The molecule has 3 aromatic rings. The molecule has 23 heavy (non-hydrogen) atoms. The summed E-state index contributed by atoms with van der Waals surface area (Å²) in [7, 11) is 3.35. The van der Waals surface area contributed by atoms with E-state index in [2.05, 4.69) is 12.1 Å². The Hall–Kier alpha value is -2.59. The Morgan fingerprint density at radius 3 is 2.04 bits per heavy atom.